The highest BCUT2D eigenvalue weighted by atomic mass is 32.2. The number of nitrogens with two attached hydrogens (primary N) is 1. The third-order valence-electron chi connectivity index (χ3n) is 4.00. The number of carbonyl (C=O) groups is 1. The Bertz CT molecular complexity index is 903. The van der Waals surface area contributed by atoms with E-state index in [2.05, 4.69) is 10.4 Å². The summed E-state index contributed by atoms with van der Waals surface area (Å²) in [5, 5.41) is 12.3. The number of nitrogens with zero attached hydrogens (tertiary/aromatic N) is 2. The molecule has 25 heavy (non-hydrogen) atoms. The highest BCUT2D eigenvalue weighted by Crippen LogP contribution is 2.22. The first-order chi connectivity index (χ1) is 11.7. The molecule has 0 bridgehead atoms. The Hall–Kier alpha value is -2.39. The topological polar surface area (TPSA) is 116 Å². The number of hydrogen-bond donors (Lipinski definition) is 2. The number of primary sulfonamides is 1. The number of ether oxygens (including phenoxy) is 1. The molecule has 0 aliphatic rings. The van der Waals surface area contributed by atoms with Gasteiger partial charge in [-0.25, -0.2) is 13.6 Å². The Morgan fingerprint density at radius 2 is 2.04 bits per heavy atom. The van der Waals surface area contributed by atoms with Gasteiger partial charge in [-0.2, -0.15) is 5.10 Å². The molecular weight excluding hydrogens is 344 g/mol. The van der Waals surface area contributed by atoms with E-state index in [0.717, 1.165) is 23.5 Å². The highest BCUT2D eigenvalue weighted by molar-refractivity contribution is 7.89. The Kier molecular flexibility index (Phi) is 5.48. The van der Waals surface area contributed by atoms with Crippen LogP contribution < -0.4 is 15.2 Å². The van der Waals surface area contributed by atoms with E-state index in [1.807, 2.05) is 25.5 Å². The number of aromatic nitrogens is 2. The maximum absolute atomic E-state index is 12.5. The number of amides is 1. The van der Waals surface area contributed by atoms with Gasteiger partial charge in [-0.05, 0) is 39.0 Å². The van der Waals surface area contributed by atoms with Gasteiger partial charge >= 0.3 is 0 Å². The van der Waals surface area contributed by atoms with E-state index < -0.39 is 15.9 Å². The molecule has 1 aromatic heterocycles. The molecule has 0 saturated carbocycles. The molecule has 3 N–H and O–H groups in total. The maximum Gasteiger partial charge on any atom is 0.255 e. The lowest BCUT2D eigenvalue weighted by Gasteiger charge is -2.11. The number of nitrogens with one attached hydrogen (secondary N) is 1. The lowest BCUT2D eigenvalue weighted by atomic mass is 10.1. The van der Waals surface area contributed by atoms with Crippen LogP contribution in [0.3, 0.4) is 0 Å². The van der Waals surface area contributed by atoms with Gasteiger partial charge in [0.05, 0.1) is 23.3 Å². The van der Waals surface area contributed by atoms with Crippen molar-refractivity contribution < 1.29 is 17.9 Å². The molecule has 0 radical (unpaired) electrons. The molecule has 0 spiro atoms. The van der Waals surface area contributed by atoms with Crippen LogP contribution in [0.5, 0.6) is 5.75 Å². The largest absolute Gasteiger partial charge is 0.496 e. The number of benzene rings is 1. The fourth-order valence-corrected chi connectivity index (χ4v) is 3.14. The maximum atomic E-state index is 12.5. The number of aryl methyl sites for hydroxylation is 2. The summed E-state index contributed by atoms with van der Waals surface area (Å²) < 4.78 is 30.0. The van der Waals surface area contributed by atoms with Crippen LogP contribution in [0.15, 0.2) is 23.1 Å². The molecule has 0 atom stereocenters. The summed E-state index contributed by atoms with van der Waals surface area (Å²) in [6.07, 6.45) is 0. The quantitative estimate of drug-likeness (QED) is 0.794. The molecule has 0 unspecified atom stereocenters. The van der Waals surface area contributed by atoms with E-state index in [-0.39, 0.29) is 22.8 Å². The van der Waals surface area contributed by atoms with E-state index >= 15 is 0 Å². The molecule has 0 saturated heterocycles. The molecule has 8 nitrogen and oxygen atoms in total. The zero-order valence-electron chi connectivity index (χ0n) is 14.7. The second-order valence-electron chi connectivity index (χ2n) is 5.55. The number of carbonyl (C=O) groups excluding carboxylic acids is 1. The summed E-state index contributed by atoms with van der Waals surface area (Å²) in [6.45, 7) is 6.82. The van der Waals surface area contributed by atoms with Gasteiger partial charge in [0.1, 0.15) is 5.75 Å². The Morgan fingerprint density at radius 3 is 2.56 bits per heavy atom. The Morgan fingerprint density at radius 1 is 1.36 bits per heavy atom. The molecule has 2 aromatic rings. The molecule has 136 valence electrons. The van der Waals surface area contributed by atoms with Crippen LogP contribution in [0, 0.1) is 13.8 Å². The number of rotatable bonds is 6. The van der Waals surface area contributed by atoms with Gasteiger partial charge in [0, 0.05) is 24.3 Å². The van der Waals surface area contributed by atoms with Crippen LogP contribution in [0.1, 0.15) is 34.2 Å². The molecule has 2 rings (SSSR count). The van der Waals surface area contributed by atoms with E-state index in [1.165, 1.54) is 25.3 Å². The van der Waals surface area contributed by atoms with Gasteiger partial charge in [-0.1, -0.05) is 0 Å². The van der Waals surface area contributed by atoms with Crippen molar-refractivity contribution in [3.05, 3.63) is 40.7 Å². The minimum absolute atomic E-state index is 0.104. The van der Waals surface area contributed by atoms with Crippen molar-refractivity contribution in [2.24, 2.45) is 5.14 Å². The molecule has 0 aliphatic carbocycles. The summed E-state index contributed by atoms with van der Waals surface area (Å²) in [5.74, 6) is -0.187. The lowest BCUT2D eigenvalue weighted by Crippen LogP contribution is -2.24. The SMILES string of the molecule is CCn1nc(C)c(CNC(=O)c2cc(S(N)(=O)=O)ccc2OC)c1C. The summed E-state index contributed by atoms with van der Waals surface area (Å²) in [5.41, 5.74) is 2.85. The Balaban J connectivity index is 2.28. The minimum atomic E-state index is -3.91. The zero-order chi connectivity index (χ0) is 18.8. The van der Waals surface area contributed by atoms with Gasteiger partial charge in [0.2, 0.25) is 10.0 Å². The monoisotopic (exact) mass is 366 g/mol. The smallest absolute Gasteiger partial charge is 0.255 e. The second kappa shape index (κ2) is 7.24. The molecule has 9 heteroatoms. The van der Waals surface area contributed by atoms with Gasteiger partial charge < -0.3 is 10.1 Å². The first-order valence-corrected chi connectivity index (χ1v) is 9.25. The van der Waals surface area contributed by atoms with Crippen LogP contribution in [-0.2, 0) is 23.1 Å². The van der Waals surface area contributed by atoms with E-state index in [1.54, 1.807) is 0 Å². The van der Waals surface area contributed by atoms with Crippen molar-refractivity contribution in [1.82, 2.24) is 15.1 Å². The summed E-state index contributed by atoms with van der Waals surface area (Å²) in [4.78, 5) is 12.4. The molecular formula is C16H22N4O4S. The standard InChI is InChI=1S/C16H22N4O4S/c1-5-20-11(3)14(10(2)19-20)9-18-16(21)13-8-12(25(17,22)23)6-7-15(13)24-4/h6-8H,5,9H2,1-4H3,(H,18,21)(H2,17,22,23). The van der Waals surface area contributed by atoms with E-state index in [4.69, 9.17) is 9.88 Å². The first-order valence-electron chi connectivity index (χ1n) is 7.71. The number of hydrogen-bond acceptors (Lipinski definition) is 5. The number of methoxy groups -OCH3 is 1. The van der Waals surface area contributed by atoms with Crippen LogP contribution in [-0.4, -0.2) is 31.2 Å². The van der Waals surface area contributed by atoms with E-state index in [0.29, 0.717) is 0 Å². The van der Waals surface area contributed by atoms with Crippen molar-refractivity contribution in [3.8, 4) is 5.75 Å². The van der Waals surface area contributed by atoms with Crippen LogP contribution >= 0.6 is 0 Å². The summed E-state index contributed by atoms with van der Waals surface area (Å²) in [6, 6.07) is 3.91. The van der Waals surface area contributed by atoms with Crippen molar-refractivity contribution in [2.75, 3.05) is 7.11 Å². The third-order valence-corrected chi connectivity index (χ3v) is 4.91. The zero-order valence-corrected chi connectivity index (χ0v) is 15.5. The summed E-state index contributed by atoms with van der Waals surface area (Å²) in [7, 11) is -2.51. The van der Waals surface area contributed by atoms with Gasteiger partial charge in [-0.3, -0.25) is 9.48 Å². The van der Waals surface area contributed by atoms with Crippen LogP contribution in [0.25, 0.3) is 0 Å². The molecule has 1 amide bonds. The molecule has 0 fully saturated rings. The predicted octanol–water partition coefficient (Wildman–Crippen LogP) is 1.11. The molecule has 0 aliphatic heterocycles. The second-order valence-corrected chi connectivity index (χ2v) is 7.12. The highest BCUT2D eigenvalue weighted by Gasteiger charge is 2.18. The minimum Gasteiger partial charge on any atom is -0.496 e. The van der Waals surface area contributed by atoms with Crippen molar-refractivity contribution >= 4 is 15.9 Å². The van der Waals surface area contributed by atoms with Crippen LogP contribution in [0.2, 0.25) is 0 Å². The summed E-state index contributed by atoms with van der Waals surface area (Å²) >= 11 is 0. The predicted molar refractivity (Wildman–Crippen MR) is 92.9 cm³/mol. The fraction of sp³-hybridized carbons (Fsp3) is 0.375. The van der Waals surface area contributed by atoms with Crippen LogP contribution in [0.4, 0.5) is 0 Å². The van der Waals surface area contributed by atoms with Crippen molar-refractivity contribution in [1.29, 1.82) is 0 Å². The van der Waals surface area contributed by atoms with Gasteiger partial charge in [0.15, 0.2) is 0 Å². The van der Waals surface area contributed by atoms with Crippen molar-refractivity contribution in [3.63, 3.8) is 0 Å². The van der Waals surface area contributed by atoms with Gasteiger partial charge in [0.25, 0.3) is 5.91 Å². The average molecular weight is 366 g/mol. The van der Waals surface area contributed by atoms with Crippen molar-refractivity contribution in [2.45, 2.75) is 38.8 Å². The number of sulfonamides is 1. The molecule has 1 heterocycles. The normalized spacial score (nSPS) is 11.4. The molecule has 1 aromatic carbocycles. The fourth-order valence-electron chi connectivity index (χ4n) is 2.60. The first kappa shape index (κ1) is 18.9. The Labute approximate surface area is 147 Å². The van der Waals surface area contributed by atoms with Gasteiger partial charge in [-0.15, -0.1) is 0 Å². The average Bonchev–Trinajstić information content (AvgIpc) is 2.84. The third kappa shape index (κ3) is 3.99. The lowest BCUT2D eigenvalue weighted by molar-refractivity contribution is 0.0947. The van der Waals surface area contributed by atoms with E-state index in [9.17, 15) is 13.2 Å².